The van der Waals surface area contributed by atoms with Crippen LogP contribution in [0.1, 0.15) is 57.1 Å². The Labute approximate surface area is 173 Å². The van der Waals surface area contributed by atoms with E-state index in [0.29, 0.717) is 44.3 Å². The van der Waals surface area contributed by atoms with Crippen molar-refractivity contribution in [3.05, 3.63) is 32.6 Å². The van der Waals surface area contributed by atoms with Crippen LogP contribution in [0.2, 0.25) is 0 Å². The minimum absolute atomic E-state index is 0.0310. The van der Waals surface area contributed by atoms with E-state index in [1.807, 2.05) is 0 Å². The summed E-state index contributed by atoms with van der Waals surface area (Å²) in [6.45, 7) is 4.20. The van der Waals surface area contributed by atoms with Crippen molar-refractivity contribution < 1.29 is 24.5 Å². The highest BCUT2D eigenvalue weighted by atomic mass is 16.5. The molecule has 1 amide bonds. The molecule has 166 valence electrons. The maximum atomic E-state index is 12.4. The molecular formula is C20H29N3O7. The monoisotopic (exact) mass is 423 g/mol. The van der Waals surface area contributed by atoms with Crippen LogP contribution in [0.25, 0.3) is 0 Å². The normalized spacial score (nSPS) is 26.0. The van der Waals surface area contributed by atoms with E-state index in [1.54, 1.807) is 18.7 Å². The van der Waals surface area contributed by atoms with Gasteiger partial charge in [0, 0.05) is 44.1 Å². The van der Waals surface area contributed by atoms with Gasteiger partial charge >= 0.3 is 11.7 Å². The number of aryl methyl sites for hydroxylation is 1. The highest BCUT2D eigenvalue weighted by Gasteiger charge is 2.49. The molecular weight excluding hydrogens is 394 g/mol. The third-order valence-electron chi connectivity index (χ3n) is 6.24. The fraction of sp³-hybridized carbons (Fsp3) is 0.700. The Morgan fingerprint density at radius 1 is 1.27 bits per heavy atom. The molecule has 3 heterocycles. The van der Waals surface area contributed by atoms with Crippen LogP contribution in [-0.2, 0) is 14.3 Å². The SMILES string of the molecule is Cc1cn([C@H]2CC3(CCN(C(=O)CCCC(=O)O)CC3)OC[C@]2(C)O)c(=O)[nH]c1=O. The highest BCUT2D eigenvalue weighted by molar-refractivity contribution is 5.77. The van der Waals surface area contributed by atoms with Crippen molar-refractivity contribution in [2.45, 2.75) is 69.6 Å². The molecule has 0 aromatic carbocycles. The topological polar surface area (TPSA) is 142 Å². The first-order valence-corrected chi connectivity index (χ1v) is 10.2. The number of carboxylic acids is 1. The Morgan fingerprint density at radius 3 is 2.57 bits per heavy atom. The number of rotatable bonds is 5. The minimum atomic E-state index is -1.29. The van der Waals surface area contributed by atoms with Gasteiger partial charge < -0.3 is 19.8 Å². The maximum Gasteiger partial charge on any atom is 0.328 e. The summed E-state index contributed by atoms with van der Waals surface area (Å²) >= 11 is 0. The number of carbonyl (C=O) groups is 2. The van der Waals surface area contributed by atoms with Gasteiger partial charge in [0.25, 0.3) is 5.56 Å². The van der Waals surface area contributed by atoms with Gasteiger partial charge in [0.2, 0.25) is 5.91 Å². The second-order valence-electron chi connectivity index (χ2n) is 8.66. The van der Waals surface area contributed by atoms with Crippen LogP contribution >= 0.6 is 0 Å². The first-order valence-electron chi connectivity index (χ1n) is 10.2. The lowest BCUT2D eigenvalue weighted by Gasteiger charge is -2.51. The fourth-order valence-electron chi connectivity index (χ4n) is 4.30. The number of carbonyl (C=O) groups excluding carboxylic acids is 1. The van der Waals surface area contributed by atoms with Gasteiger partial charge in [0.15, 0.2) is 0 Å². The average molecular weight is 423 g/mol. The summed E-state index contributed by atoms with van der Waals surface area (Å²) in [6, 6.07) is -0.577. The second-order valence-corrected chi connectivity index (χ2v) is 8.66. The number of nitrogens with zero attached hydrogens (tertiary/aromatic N) is 2. The summed E-state index contributed by atoms with van der Waals surface area (Å²) in [5, 5.41) is 19.6. The molecule has 10 heteroatoms. The van der Waals surface area contributed by atoms with E-state index >= 15 is 0 Å². The van der Waals surface area contributed by atoms with E-state index in [0.717, 1.165) is 0 Å². The summed E-state index contributed by atoms with van der Waals surface area (Å²) in [5.41, 5.74) is -2.50. The number of aliphatic carboxylic acids is 1. The first-order chi connectivity index (χ1) is 14.0. The average Bonchev–Trinajstić information content (AvgIpc) is 2.67. The standard InChI is InChI=1S/C20H29N3O7/c1-13-11-23(18(28)21-17(13)27)14-10-20(30-12-19(14,2)29)6-8-22(9-7-20)15(24)4-3-5-16(25)26/h11,14,29H,3-10,12H2,1-2H3,(H,25,26)(H,21,27,28)/t14-,19-/m0/s1. The number of ether oxygens (including phenoxy) is 1. The second kappa shape index (κ2) is 8.35. The molecule has 0 radical (unpaired) electrons. The molecule has 3 N–H and O–H groups in total. The van der Waals surface area contributed by atoms with Crippen molar-refractivity contribution in [2.75, 3.05) is 19.7 Å². The summed E-state index contributed by atoms with van der Waals surface area (Å²) in [5.74, 6) is -0.986. The number of amides is 1. The maximum absolute atomic E-state index is 12.4. The van der Waals surface area contributed by atoms with Crippen molar-refractivity contribution in [3.63, 3.8) is 0 Å². The molecule has 2 atom stereocenters. The molecule has 3 rings (SSSR count). The van der Waals surface area contributed by atoms with Crippen LogP contribution in [0.4, 0.5) is 0 Å². The number of piperidine rings is 1. The number of carboxylic acid groups (broad SMARTS) is 1. The molecule has 30 heavy (non-hydrogen) atoms. The Bertz CT molecular complexity index is 925. The largest absolute Gasteiger partial charge is 0.481 e. The number of hydrogen-bond acceptors (Lipinski definition) is 6. The zero-order valence-electron chi connectivity index (χ0n) is 17.3. The first kappa shape index (κ1) is 22.2. The van der Waals surface area contributed by atoms with E-state index in [2.05, 4.69) is 4.98 Å². The third-order valence-corrected chi connectivity index (χ3v) is 6.24. The number of hydrogen-bond donors (Lipinski definition) is 3. The van der Waals surface area contributed by atoms with E-state index in [9.17, 15) is 24.3 Å². The predicted molar refractivity (Wildman–Crippen MR) is 106 cm³/mol. The van der Waals surface area contributed by atoms with Gasteiger partial charge in [0.05, 0.1) is 18.2 Å². The van der Waals surface area contributed by atoms with Crippen LogP contribution in [0.5, 0.6) is 0 Å². The summed E-state index contributed by atoms with van der Waals surface area (Å²) < 4.78 is 7.43. The molecule has 2 aliphatic heterocycles. The summed E-state index contributed by atoms with van der Waals surface area (Å²) in [4.78, 5) is 51.1. The van der Waals surface area contributed by atoms with Gasteiger partial charge in [-0.3, -0.25) is 23.9 Å². The van der Waals surface area contributed by atoms with Crippen LogP contribution in [0, 0.1) is 6.92 Å². The number of aromatic nitrogens is 2. The van der Waals surface area contributed by atoms with Crippen molar-refractivity contribution in [1.82, 2.24) is 14.5 Å². The summed E-state index contributed by atoms with van der Waals surface area (Å²) in [7, 11) is 0. The predicted octanol–water partition coefficient (Wildman–Crippen LogP) is 0.174. The van der Waals surface area contributed by atoms with Crippen LogP contribution in [0.3, 0.4) is 0 Å². The minimum Gasteiger partial charge on any atom is -0.481 e. The molecule has 1 aromatic rings. The molecule has 10 nitrogen and oxygen atoms in total. The van der Waals surface area contributed by atoms with E-state index < -0.39 is 34.5 Å². The smallest absolute Gasteiger partial charge is 0.328 e. The lowest BCUT2D eigenvalue weighted by Crippen LogP contribution is -2.59. The molecule has 2 saturated heterocycles. The number of nitrogens with one attached hydrogen (secondary N) is 1. The molecule has 2 fully saturated rings. The van der Waals surface area contributed by atoms with Gasteiger partial charge in [-0.2, -0.15) is 0 Å². The van der Waals surface area contributed by atoms with E-state index in [4.69, 9.17) is 9.84 Å². The van der Waals surface area contributed by atoms with Crippen molar-refractivity contribution in [1.29, 1.82) is 0 Å². The van der Waals surface area contributed by atoms with Crippen LogP contribution < -0.4 is 11.2 Å². The van der Waals surface area contributed by atoms with E-state index in [-0.39, 0.29) is 25.4 Å². The molecule has 0 unspecified atom stereocenters. The lowest BCUT2D eigenvalue weighted by molar-refractivity contribution is -0.202. The molecule has 0 saturated carbocycles. The molecule has 1 spiro atoms. The zero-order valence-corrected chi connectivity index (χ0v) is 17.3. The molecule has 0 aliphatic carbocycles. The van der Waals surface area contributed by atoms with Gasteiger partial charge in [0.1, 0.15) is 5.60 Å². The van der Waals surface area contributed by atoms with E-state index in [1.165, 1.54) is 10.8 Å². The summed E-state index contributed by atoms with van der Waals surface area (Å²) in [6.07, 6.45) is 3.45. The van der Waals surface area contributed by atoms with Crippen LogP contribution in [0.15, 0.2) is 15.8 Å². The zero-order chi connectivity index (χ0) is 22.1. The number of aromatic amines is 1. The fourth-order valence-corrected chi connectivity index (χ4v) is 4.30. The quantitative estimate of drug-likeness (QED) is 0.613. The van der Waals surface area contributed by atoms with Gasteiger partial charge in [-0.1, -0.05) is 0 Å². The number of aliphatic hydroxyl groups is 1. The lowest BCUT2D eigenvalue weighted by atomic mass is 9.77. The number of H-pyrrole nitrogens is 1. The van der Waals surface area contributed by atoms with Gasteiger partial charge in [-0.25, -0.2) is 4.79 Å². The Hall–Kier alpha value is -2.46. The van der Waals surface area contributed by atoms with Crippen molar-refractivity contribution in [2.24, 2.45) is 0 Å². The number of likely N-dealkylation sites (tertiary alicyclic amines) is 1. The van der Waals surface area contributed by atoms with Crippen molar-refractivity contribution >= 4 is 11.9 Å². The van der Waals surface area contributed by atoms with Gasteiger partial charge in [-0.05, 0) is 33.1 Å². The van der Waals surface area contributed by atoms with Crippen LogP contribution in [-0.4, -0.2) is 67.4 Å². The molecule has 1 aromatic heterocycles. The Kier molecular flexibility index (Phi) is 6.19. The Balaban J connectivity index is 1.71. The highest BCUT2D eigenvalue weighted by Crippen LogP contribution is 2.43. The third kappa shape index (κ3) is 4.65. The van der Waals surface area contributed by atoms with Crippen molar-refractivity contribution in [3.8, 4) is 0 Å². The molecule has 0 bridgehead atoms. The molecule has 2 aliphatic rings. The van der Waals surface area contributed by atoms with Gasteiger partial charge in [-0.15, -0.1) is 0 Å². The Morgan fingerprint density at radius 2 is 1.93 bits per heavy atom.